The first-order chi connectivity index (χ1) is 8.99. The van der Waals surface area contributed by atoms with Crippen molar-refractivity contribution in [2.75, 3.05) is 0 Å². The van der Waals surface area contributed by atoms with E-state index in [4.69, 9.17) is 5.73 Å². The molecule has 0 saturated carbocycles. The second kappa shape index (κ2) is 5.44. The third kappa shape index (κ3) is 2.96. The van der Waals surface area contributed by atoms with Crippen molar-refractivity contribution in [3.63, 3.8) is 0 Å². The highest BCUT2D eigenvalue weighted by Gasteiger charge is 2.18. The van der Waals surface area contributed by atoms with Gasteiger partial charge in [-0.25, -0.2) is 13.2 Å². The van der Waals surface area contributed by atoms with Crippen molar-refractivity contribution >= 4 is 0 Å². The van der Waals surface area contributed by atoms with Gasteiger partial charge in [0.25, 0.3) is 0 Å². The van der Waals surface area contributed by atoms with E-state index in [-0.39, 0.29) is 5.56 Å². The Bertz CT molecular complexity index is 581. The maximum Gasteiger partial charge on any atom is 0.194 e. The normalized spacial score (nSPS) is 12.7. The standard InChI is InChI=1S/C13H14F3N3/c1-19-7-8(6-18-19)2-5-11(17)9-3-4-10(14)13(16)12(9)15/h3-4,6-7,11H,2,5,17H2,1H3. The van der Waals surface area contributed by atoms with Gasteiger partial charge in [0.05, 0.1) is 6.20 Å². The van der Waals surface area contributed by atoms with Crippen LogP contribution in [-0.4, -0.2) is 9.78 Å². The minimum absolute atomic E-state index is 0.0113. The molecule has 1 unspecified atom stereocenters. The lowest BCUT2D eigenvalue weighted by atomic mass is 10.0. The molecule has 0 radical (unpaired) electrons. The molecule has 0 aliphatic carbocycles. The number of aromatic nitrogens is 2. The highest BCUT2D eigenvalue weighted by Crippen LogP contribution is 2.23. The zero-order chi connectivity index (χ0) is 14.0. The number of hydrogen-bond acceptors (Lipinski definition) is 2. The van der Waals surface area contributed by atoms with Gasteiger partial charge in [-0.15, -0.1) is 0 Å². The van der Waals surface area contributed by atoms with Crippen molar-refractivity contribution in [1.29, 1.82) is 0 Å². The number of aryl methyl sites for hydroxylation is 2. The summed E-state index contributed by atoms with van der Waals surface area (Å²) < 4.78 is 41.1. The number of halogens is 3. The van der Waals surface area contributed by atoms with Crippen LogP contribution < -0.4 is 5.73 Å². The average molecular weight is 269 g/mol. The van der Waals surface area contributed by atoms with Crippen LogP contribution in [0.2, 0.25) is 0 Å². The molecule has 0 amide bonds. The molecule has 19 heavy (non-hydrogen) atoms. The highest BCUT2D eigenvalue weighted by atomic mass is 19.2. The maximum atomic E-state index is 13.5. The Morgan fingerprint density at radius 1 is 1.26 bits per heavy atom. The zero-order valence-electron chi connectivity index (χ0n) is 10.4. The predicted octanol–water partition coefficient (Wildman–Crippen LogP) is 2.47. The Hall–Kier alpha value is -1.82. The summed E-state index contributed by atoms with van der Waals surface area (Å²) in [7, 11) is 1.79. The van der Waals surface area contributed by atoms with Gasteiger partial charge in [-0.3, -0.25) is 4.68 Å². The summed E-state index contributed by atoms with van der Waals surface area (Å²) >= 11 is 0. The van der Waals surface area contributed by atoms with Crippen LogP contribution >= 0.6 is 0 Å². The summed E-state index contributed by atoms with van der Waals surface area (Å²) in [6.45, 7) is 0. The minimum atomic E-state index is -1.48. The third-order valence-corrected chi connectivity index (χ3v) is 2.97. The van der Waals surface area contributed by atoms with Crippen molar-refractivity contribution in [3.8, 4) is 0 Å². The second-order valence-electron chi connectivity index (χ2n) is 4.43. The topological polar surface area (TPSA) is 43.8 Å². The highest BCUT2D eigenvalue weighted by molar-refractivity contribution is 5.23. The fourth-order valence-corrected chi connectivity index (χ4v) is 1.91. The van der Waals surface area contributed by atoms with Crippen LogP contribution in [0.25, 0.3) is 0 Å². The Morgan fingerprint density at radius 2 is 2.00 bits per heavy atom. The lowest BCUT2D eigenvalue weighted by Gasteiger charge is -2.13. The molecule has 0 aliphatic rings. The van der Waals surface area contributed by atoms with Crippen molar-refractivity contribution in [2.45, 2.75) is 18.9 Å². The van der Waals surface area contributed by atoms with E-state index in [0.717, 1.165) is 11.6 Å². The molecular formula is C13H14F3N3. The monoisotopic (exact) mass is 269 g/mol. The van der Waals surface area contributed by atoms with E-state index >= 15 is 0 Å². The van der Waals surface area contributed by atoms with Crippen LogP contribution in [0.1, 0.15) is 23.6 Å². The van der Waals surface area contributed by atoms with Gasteiger partial charge in [-0.1, -0.05) is 6.07 Å². The molecule has 2 aromatic rings. The maximum absolute atomic E-state index is 13.5. The van der Waals surface area contributed by atoms with E-state index in [2.05, 4.69) is 5.10 Å². The molecule has 102 valence electrons. The first-order valence-electron chi connectivity index (χ1n) is 5.85. The molecule has 0 bridgehead atoms. The van der Waals surface area contributed by atoms with Crippen LogP contribution in [0.5, 0.6) is 0 Å². The van der Waals surface area contributed by atoms with Gasteiger partial charge in [-0.2, -0.15) is 5.10 Å². The molecule has 1 aromatic heterocycles. The Morgan fingerprint density at radius 3 is 2.63 bits per heavy atom. The van der Waals surface area contributed by atoms with E-state index < -0.39 is 23.5 Å². The van der Waals surface area contributed by atoms with Gasteiger partial charge in [-0.05, 0) is 24.5 Å². The number of rotatable bonds is 4. The van der Waals surface area contributed by atoms with Crippen LogP contribution in [0.4, 0.5) is 13.2 Å². The van der Waals surface area contributed by atoms with Gasteiger partial charge >= 0.3 is 0 Å². The van der Waals surface area contributed by atoms with Crippen molar-refractivity contribution in [2.24, 2.45) is 12.8 Å². The summed E-state index contributed by atoms with van der Waals surface area (Å²) in [5.74, 6) is -3.89. The predicted molar refractivity (Wildman–Crippen MR) is 64.8 cm³/mol. The van der Waals surface area contributed by atoms with E-state index in [1.807, 2.05) is 6.20 Å². The molecule has 0 aliphatic heterocycles. The number of benzene rings is 1. The summed E-state index contributed by atoms with van der Waals surface area (Å²) in [6.07, 6.45) is 4.53. The van der Waals surface area contributed by atoms with Gasteiger partial charge in [0.15, 0.2) is 17.5 Å². The molecule has 1 heterocycles. The fourth-order valence-electron chi connectivity index (χ4n) is 1.91. The average Bonchev–Trinajstić information content (AvgIpc) is 2.79. The van der Waals surface area contributed by atoms with E-state index in [1.165, 1.54) is 6.07 Å². The Balaban J connectivity index is 2.08. The first kappa shape index (κ1) is 13.6. The largest absolute Gasteiger partial charge is 0.324 e. The fraction of sp³-hybridized carbons (Fsp3) is 0.308. The summed E-state index contributed by atoms with van der Waals surface area (Å²) in [5, 5.41) is 4.00. The second-order valence-corrected chi connectivity index (χ2v) is 4.43. The Labute approximate surface area is 108 Å². The van der Waals surface area contributed by atoms with Gasteiger partial charge in [0.1, 0.15) is 0 Å². The van der Waals surface area contributed by atoms with Crippen LogP contribution in [-0.2, 0) is 13.5 Å². The Kier molecular flexibility index (Phi) is 3.90. The smallest absolute Gasteiger partial charge is 0.194 e. The van der Waals surface area contributed by atoms with Gasteiger partial charge < -0.3 is 5.73 Å². The van der Waals surface area contributed by atoms with Crippen molar-refractivity contribution in [3.05, 3.63) is 53.1 Å². The van der Waals surface area contributed by atoms with E-state index in [9.17, 15) is 13.2 Å². The molecule has 2 N–H and O–H groups in total. The van der Waals surface area contributed by atoms with Gasteiger partial charge in [0, 0.05) is 24.8 Å². The summed E-state index contributed by atoms with van der Waals surface area (Å²) in [5.41, 5.74) is 6.76. The van der Waals surface area contributed by atoms with Crippen molar-refractivity contribution in [1.82, 2.24) is 9.78 Å². The minimum Gasteiger partial charge on any atom is -0.324 e. The lowest BCUT2D eigenvalue weighted by molar-refractivity contribution is 0.433. The summed E-state index contributed by atoms with van der Waals surface area (Å²) in [4.78, 5) is 0. The number of nitrogens with two attached hydrogens (primary N) is 1. The molecule has 3 nitrogen and oxygen atoms in total. The molecular weight excluding hydrogens is 255 g/mol. The quantitative estimate of drug-likeness (QED) is 0.866. The molecule has 6 heteroatoms. The van der Waals surface area contributed by atoms with E-state index in [1.54, 1.807) is 17.9 Å². The zero-order valence-corrected chi connectivity index (χ0v) is 10.4. The van der Waals surface area contributed by atoms with Gasteiger partial charge in [0.2, 0.25) is 0 Å². The van der Waals surface area contributed by atoms with Crippen LogP contribution in [0.15, 0.2) is 24.5 Å². The lowest BCUT2D eigenvalue weighted by Crippen LogP contribution is -2.14. The molecule has 1 atom stereocenters. The van der Waals surface area contributed by atoms with Crippen LogP contribution in [0.3, 0.4) is 0 Å². The SMILES string of the molecule is Cn1cc(CCC(N)c2ccc(F)c(F)c2F)cn1. The molecule has 0 fully saturated rings. The first-order valence-corrected chi connectivity index (χ1v) is 5.85. The van der Waals surface area contributed by atoms with E-state index in [0.29, 0.717) is 12.8 Å². The molecule has 0 saturated heterocycles. The molecule has 1 aromatic carbocycles. The van der Waals surface area contributed by atoms with Crippen LogP contribution in [0, 0.1) is 17.5 Å². The third-order valence-electron chi connectivity index (χ3n) is 2.97. The molecule has 2 rings (SSSR count). The molecule has 0 spiro atoms. The number of hydrogen-bond donors (Lipinski definition) is 1. The number of nitrogens with zero attached hydrogens (tertiary/aromatic N) is 2. The van der Waals surface area contributed by atoms with Crippen molar-refractivity contribution < 1.29 is 13.2 Å². The summed E-state index contributed by atoms with van der Waals surface area (Å²) in [6, 6.07) is 1.38.